The van der Waals surface area contributed by atoms with E-state index in [4.69, 9.17) is 10.5 Å². The highest BCUT2D eigenvalue weighted by Gasteiger charge is 2.25. The summed E-state index contributed by atoms with van der Waals surface area (Å²) in [7, 11) is 3.89. The number of rotatable bonds is 10. The molecule has 1 fully saturated rings. The third-order valence-corrected chi connectivity index (χ3v) is 4.67. The fourth-order valence-corrected chi connectivity index (χ4v) is 3.12. The van der Waals surface area contributed by atoms with Crippen LogP contribution in [0.4, 0.5) is 0 Å². The lowest BCUT2D eigenvalue weighted by Crippen LogP contribution is -2.47. The predicted octanol–water partition coefficient (Wildman–Crippen LogP) is 1.71. The van der Waals surface area contributed by atoms with Gasteiger partial charge in [0.2, 0.25) is 5.91 Å². The Labute approximate surface area is 136 Å². The molecule has 5 nitrogen and oxygen atoms in total. The molecule has 0 aliphatic carbocycles. The van der Waals surface area contributed by atoms with Gasteiger partial charge in [0.05, 0.1) is 12.6 Å². The van der Waals surface area contributed by atoms with Crippen molar-refractivity contribution in [1.82, 2.24) is 9.80 Å². The maximum Gasteiger partial charge on any atom is 0.239 e. The van der Waals surface area contributed by atoms with Crippen molar-refractivity contribution >= 4 is 5.91 Å². The summed E-state index contributed by atoms with van der Waals surface area (Å²) in [5.74, 6) is 0.918. The number of hydrogen-bond donors (Lipinski definition) is 1. The first-order chi connectivity index (χ1) is 10.6. The number of nitrogens with two attached hydrogens (primary N) is 1. The molecule has 0 aromatic rings. The largest absolute Gasteiger partial charge is 0.383 e. The number of hydrogen-bond acceptors (Lipinski definition) is 4. The summed E-state index contributed by atoms with van der Waals surface area (Å²) in [5, 5.41) is 0. The van der Waals surface area contributed by atoms with Gasteiger partial charge in [-0.2, -0.15) is 0 Å². The van der Waals surface area contributed by atoms with Gasteiger partial charge in [0, 0.05) is 26.7 Å². The van der Waals surface area contributed by atoms with Crippen molar-refractivity contribution < 1.29 is 9.53 Å². The summed E-state index contributed by atoms with van der Waals surface area (Å²) in [4.78, 5) is 16.5. The van der Waals surface area contributed by atoms with E-state index in [0.29, 0.717) is 0 Å². The Kier molecular flexibility index (Phi) is 9.68. The average molecular weight is 313 g/mol. The topological polar surface area (TPSA) is 58.8 Å². The first kappa shape index (κ1) is 19.4. The number of likely N-dealkylation sites (tertiary alicyclic amines) is 1. The Bertz CT molecular complexity index is 304. The van der Waals surface area contributed by atoms with E-state index in [2.05, 4.69) is 18.9 Å². The Balaban J connectivity index is 2.16. The van der Waals surface area contributed by atoms with Crippen LogP contribution in [0.25, 0.3) is 0 Å². The number of piperidine rings is 1. The molecule has 1 unspecified atom stereocenters. The van der Waals surface area contributed by atoms with Gasteiger partial charge in [0.25, 0.3) is 0 Å². The molecular weight excluding hydrogens is 278 g/mol. The summed E-state index contributed by atoms with van der Waals surface area (Å²) in [5.41, 5.74) is 5.94. The van der Waals surface area contributed by atoms with Crippen LogP contribution < -0.4 is 5.73 Å². The average Bonchev–Trinajstić information content (AvgIpc) is 2.53. The second kappa shape index (κ2) is 11.0. The van der Waals surface area contributed by atoms with Gasteiger partial charge in [0.15, 0.2) is 0 Å². The highest BCUT2D eigenvalue weighted by Crippen LogP contribution is 2.22. The van der Waals surface area contributed by atoms with E-state index in [9.17, 15) is 4.79 Å². The molecule has 0 saturated carbocycles. The van der Waals surface area contributed by atoms with Crippen LogP contribution in [0.3, 0.4) is 0 Å². The number of nitrogens with zero attached hydrogens (tertiary/aromatic N) is 2. The zero-order chi connectivity index (χ0) is 16.4. The van der Waals surface area contributed by atoms with Crippen LogP contribution in [0.15, 0.2) is 0 Å². The molecule has 0 spiro atoms. The monoisotopic (exact) mass is 313 g/mol. The van der Waals surface area contributed by atoms with Crippen LogP contribution in [0, 0.1) is 5.92 Å². The SMILES string of the molecule is CCCC(N)C(=O)N1CCC(CCCN(C)CCOC)CC1. The van der Waals surface area contributed by atoms with Crippen molar-refractivity contribution in [1.29, 1.82) is 0 Å². The van der Waals surface area contributed by atoms with Crippen LogP contribution in [0.1, 0.15) is 45.4 Å². The third kappa shape index (κ3) is 7.07. The maximum absolute atomic E-state index is 12.2. The zero-order valence-corrected chi connectivity index (χ0v) is 14.7. The highest BCUT2D eigenvalue weighted by atomic mass is 16.5. The molecule has 5 heteroatoms. The minimum atomic E-state index is -0.295. The van der Waals surface area contributed by atoms with E-state index >= 15 is 0 Å². The van der Waals surface area contributed by atoms with E-state index < -0.39 is 0 Å². The molecule has 1 aliphatic heterocycles. The normalized spacial score (nSPS) is 18.0. The van der Waals surface area contributed by atoms with Crippen LogP contribution in [-0.2, 0) is 9.53 Å². The molecule has 1 heterocycles. The summed E-state index contributed by atoms with van der Waals surface area (Å²) >= 11 is 0. The standard InChI is InChI=1S/C17H35N3O2/c1-4-6-16(18)17(21)20-11-8-15(9-12-20)7-5-10-19(2)13-14-22-3/h15-16H,4-14,18H2,1-3H3. The second-order valence-corrected chi connectivity index (χ2v) is 6.60. The molecule has 1 aliphatic rings. The van der Waals surface area contributed by atoms with Crippen molar-refractivity contribution in [2.45, 2.75) is 51.5 Å². The van der Waals surface area contributed by atoms with Gasteiger partial charge in [0.1, 0.15) is 0 Å². The number of ether oxygens (including phenoxy) is 1. The summed E-state index contributed by atoms with van der Waals surface area (Å²) in [6.45, 7) is 6.78. The fourth-order valence-electron chi connectivity index (χ4n) is 3.12. The molecule has 0 aromatic heterocycles. The lowest BCUT2D eigenvalue weighted by molar-refractivity contribution is -0.134. The van der Waals surface area contributed by atoms with Crippen molar-refractivity contribution in [3.8, 4) is 0 Å². The van der Waals surface area contributed by atoms with Crippen molar-refractivity contribution in [2.75, 3.05) is 46.9 Å². The highest BCUT2D eigenvalue weighted by molar-refractivity contribution is 5.81. The molecule has 0 radical (unpaired) electrons. The summed E-state index contributed by atoms with van der Waals surface area (Å²) in [6, 6.07) is -0.295. The molecule has 0 bridgehead atoms. The van der Waals surface area contributed by atoms with Crippen molar-refractivity contribution in [3.05, 3.63) is 0 Å². The Morgan fingerprint density at radius 3 is 2.64 bits per heavy atom. The third-order valence-electron chi connectivity index (χ3n) is 4.67. The Hall–Kier alpha value is -0.650. The summed E-state index contributed by atoms with van der Waals surface area (Å²) < 4.78 is 5.09. The lowest BCUT2D eigenvalue weighted by Gasteiger charge is -2.33. The molecule has 22 heavy (non-hydrogen) atoms. The van der Waals surface area contributed by atoms with Crippen LogP contribution in [0.2, 0.25) is 0 Å². The van der Waals surface area contributed by atoms with Gasteiger partial charge < -0.3 is 20.3 Å². The molecule has 130 valence electrons. The predicted molar refractivity (Wildman–Crippen MR) is 90.8 cm³/mol. The van der Waals surface area contributed by atoms with E-state index in [-0.39, 0.29) is 11.9 Å². The number of amides is 1. The zero-order valence-electron chi connectivity index (χ0n) is 14.7. The lowest BCUT2D eigenvalue weighted by atomic mass is 9.91. The maximum atomic E-state index is 12.2. The van der Waals surface area contributed by atoms with E-state index in [1.54, 1.807) is 7.11 Å². The second-order valence-electron chi connectivity index (χ2n) is 6.60. The molecule has 1 atom stereocenters. The Morgan fingerprint density at radius 1 is 1.36 bits per heavy atom. The number of methoxy groups -OCH3 is 1. The van der Waals surface area contributed by atoms with E-state index in [0.717, 1.165) is 64.4 Å². The van der Waals surface area contributed by atoms with Crippen LogP contribution >= 0.6 is 0 Å². The number of carbonyl (C=O) groups is 1. The number of carbonyl (C=O) groups excluding carboxylic acids is 1. The number of likely N-dealkylation sites (N-methyl/N-ethyl adjacent to an activating group) is 1. The van der Waals surface area contributed by atoms with Crippen LogP contribution in [-0.4, -0.2) is 68.7 Å². The minimum Gasteiger partial charge on any atom is -0.383 e. The smallest absolute Gasteiger partial charge is 0.239 e. The van der Waals surface area contributed by atoms with Gasteiger partial charge >= 0.3 is 0 Å². The molecular formula is C17H35N3O2. The first-order valence-corrected chi connectivity index (χ1v) is 8.80. The minimum absolute atomic E-state index is 0.152. The van der Waals surface area contributed by atoms with Crippen molar-refractivity contribution in [3.63, 3.8) is 0 Å². The van der Waals surface area contributed by atoms with Crippen molar-refractivity contribution in [2.24, 2.45) is 11.7 Å². The quantitative estimate of drug-likeness (QED) is 0.667. The van der Waals surface area contributed by atoms with Gasteiger partial charge in [-0.3, -0.25) is 4.79 Å². The Morgan fingerprint density at radius 2 is 2.05 bits per heavy atom. The van der Waals surface area contributed by atoms with Gasteiger partial charge in [-0.1, -0.05) is 13.3 Å². The fraction of sp³-hybridized carbons (Fsp3) is 0.941. The van der Waals surface area contributed by atoms with Gasteiger partial charge in [-0.25, -0.2) is 0 Å². The molecule has 1 saturated heterocycles. The molecule has 2 N–H and O–H groups in total. The van der Waals surface area contributed by atoms with Crippen LogP contribution in [0.5, 0.6) is 0 Å². The summed E-state index contributed by atoms with van der Waals surface area (Å²) in [6.07, 6.45) is 6.53. The van der Waals surface area contributed by atoms with E-state index in [1.165, 1.54) is 12.8 Å². The van der Waals surface area contributed by atoms with E-state index in [1.807, 2.05) is 4.90 Å². The molecule has 0 aromatic carbocycles. The van der Waals surface area contributed by atoms with Gasteiger partial charge in [-0.15, -0.1) is 0 Å². The van der Waals surface area contributed by atoms with Gasteiger partial charge in [-0.05, 0) is 51.6 Å². The molecule has 1 amide bonds. The molecule has 1 rings (SSSR count). The first-order valence-electron chi connectivity index (χ1n) is 8.80.